The summed E-state index contributed by atoms with van der Waals surface area (Å²) < 4.78 is 16.6. The molecule has 1 aliphatic heterocycles. The molecule has 11 heteroatoms. The molecular weight excluding hydrogens is 907 g/mol. The van der Waals surface area contributed by atoms with E-state index in [1.165, 1.54) is 116 Å². The van der Waals surface area contributed by atoms with Gasteiger partial charge < -0.3 is 45.1 Å². The number of hydrogen-bond donors (Lipinski definition) is 6. The molecular formula is C61H107NO10. The summed E-state index contributed by atoms with van der Waals surface area (Å²) in [6, 6.07) is -0.841. The average Bonchev–Trinajstić information content (AvgIpc) is 3.38. The van der Waals surface area contributed by atoms with E-state index in [-0.39, 0.29) is 18.5 Å². The number of esters is 1. The quantitative estimate of drug-likeness (QED) is 0.0195. The van der Waals surface area contributed by atoms with E-state index < -0.39 is 49.5 Å². The second-order valence-corrected chi connectivity index (χ2v) is 20.0. The average molecular weight is 1010 g/mol. The fourth-order valence-corrected chi connectivity index (χ4v) is 8.67. The van der Waals surface area contributed by atoms with Crippen molar-refractivity contribution in [2.24, 2.45) is 0 Å². The van der Waals surface area contributed by atoms with Gasteiger partial charge in [-0.1, -0.05) is 189 Å². The maximum atomic E-state index is 13.0. The van der Waals surface area contributed by atoms with Crippen molar-refractivity contribution in [1.82, 2.24) is 5.32 Å². The number of allylic oxidation sites excluding steroid dienone is 11. The number of rotatable bonds is 49. The Labute approximate surface area is 439 Å². The number of carbonyl (C=O) groups is 2. The van der Waals surface area contributed by atoms with Crippen molar-refractivity contribution in [3.63, 3.8) is 0 Å². The molecule has 0 saturated carbocycles. The number of nitrogens with one attached hydrogen (secondary N) is 1. The molecule has 11 nitrogen and oxygen atoms in total. The molecule has 7 unspecified atom stereocenters. The van der Waals surface area contributed by atoms with Gasteiger partial charge >= 0.3 is 5.97 Å². The molecule has 1 amide bonds. The zero-order valence-corrected chi connectivity index (χ0v) is 45.6. The number of amides is 1. The lowest BCUT2D eigenvalue weighted by molar-refractivity contribution is -0.302. The predicted octanol–water partition coefficient (Wildman–Crippen LogP) is 13.2. The molecule has 1 fully saturated rings. The van der Waals surface area contributed by atoms with Crippen LogP contribution in [0.1, 0.15) is 239 Å². The van der Waals surface area contributed by atoms with E-state index >= 15 is 0 Å². The minimum Gasteiger partial charge on any atom is -0.466 e. The monoisotopic (exact) mass is 1010 g/mol. The van der Waals surface area contributed by atoms with Crippen molar-refractivity contribution in [3.05, 3.63) is 72.9 Å². The Hall–Kier alpha value is -2.90. The van der Waals surface area contributed by atoms with Crippen LogP contribution in [0.25, 0.3) is 0 Å². The Kier molecular flexibility index (Phi) is 46.9. The minimum atomic E-state index is -1.58. The van der Waals surface area contributed by atoms with Crippen LogP contribution in [0.4, 0.5) is 0 Å². The molecule has 1 saturated heterocycles. The van der Waals surface area contributed by atoms with Crippen molar-refractivity contribution in [1.29, 1.82) is 0 Å². The first-order valence-electron chi connectivity index (χ1n) is 29.2. The number of aliphatic hydroxyl groups is 5. The van der Waals surface area contributed by atoms with Crippen LogP contribution in [0.15, 0.2) is 72.9 Å². The molecule has 72 heavy (non-hydrogen) atoms. The van der Waals surface area contributed by atoms with Crippen LogP contribution in [0, 0.1) is 0 Å². The maximum absolute atomic E-state index is 13.0. The number of aliphatic hydroxyl groups excluding tert-OH is 5. The molecule has 7 atom stereocenters. The standard InChI is InChI=1S/C61H107NO10/c1-3-5-7-9-11-13-14-15-22-26-29-33-37-41-45-49-57(66)70-50-46-42-38-34-30-27-24-21-19-17-16-18-20-23-25-28-32-36-40-44-48-56(65)62-53(54(64)47-43-39-35-31-12-10-8-6-4-2)52-71-61-60(69)59(68)58(67)55(51-63)72-61/h4,6,11-13,15-16,18,22,31,43,47,53-55,58-61,63-64,67-69H,3,5,7-10,14,17,19-21,23-30,32-42,44-46,48-52H2,1-2H3,(H,62,65)/b6-4+,13-11-,18-16-,22-15-,31-12+,47-43+. The highest BCUT2D eigenvalue weighted by molar-refractivity contribution is 5.76. The van der Waals surface area contributed by atoms with Crippen molar-refractivity contribution >= 4 is 11.9 Å². The van der Waals surface area contributed by atoms with E-state index in [9.17, 15) is 35.1 Å². The van der Waals surface area contributed by atoms with Crippen molar-refractivity contribution in [3.8, 4) is 0 Å². The van der Waals surface area contributed by atoms with Crippen LogP contribution in [-0.2, 0) is 23.8 Å². The molecule has 0 spiro atoms. The number of carbonyl (C=O) groups excluding carboxylic acids is 2. The highest BCUT2D eigenvalue weighted by Crippen LogP contribution is 2.23. The van der Waals surface area contributed by atoms with Gasteiger partial charge in [-0.15, -0.1) is 0 Å². The van der Waals surface area contributed by atoms with Gasteiger partial charge in [0.2, 0.25) is 5.91 Å². The summed E-state index contributed by atoms with van der Waals surface area (Å²) in [5, 5.41) is 54.1. The molecule has 0 aromatic rings. The molecule has 0 aromatic carbocycles. The second-order valence-electron chi connectivity index (χ2n) is 20.0. The van der Waals surface area contributed by atoms with Gasteiger partial charge in [-0.25, -0.2) is 0 Å². The summed E-state index contributed by atoms with van der Waals surface area (Å²) in [5.41, 5.74) is 0. The Balaban J connectivity index is 2.04. The largest absolute Gasteiger partial charge is 0.466 e. The van der Waals surface area contributed by atoms with E-state index in [0.717, 1.165) is 89.9 Å². The lowest BCUT2D eigenvalue weighted by Crippen LogP contribution is -2.60. The zero-order chi connectivity index (χ0) is 52.4. The van der Waals surface area contributed by atoms with E-state index in [0.29, 0.717) is 25.9 Å². The van der Waals surface area contributed by atoms with Gasteiger partial charge in [-0.2, -0.15) is 0 Å². The summed E-state index contributed by atoms with van der Waals surface area (Å²) in [5.74, 6) is -0.234. The third-order valence-corrected chi connectivity index (χ3v) is 13.3. The molecule has 0 aliphatic carbocycles. The number of hydrogen-bond acceptors (Lipinski definition) is 10. The van der Waals surface area contributed by atoms with Crippen LogP contribution >= 0.6 is 0 Å². The fourth-order valence-electron chi connectivity index (χ4n) is 8.67. The minimum absolute atomic E-state index is 0.0240. The first-order valence-corrected chi connectivity index (χ1v) is 29.2. The first kappa shape index (κ1) is 67.1. The molecule has 1 aliphatic rings. The third kappa shape index (κ3) is 39.5. The van der Waals surface area contributed by atoms with Crippen LogP contribution in [-0.4, -0.2) is 100 Å². The van der Waals surface area contributed by atoms with Crippen LogP contribution < -0.4 is 5.32 Å². The van der Waals surface area contributed by atoms with Gasteiger partial charge in [0.1, 0.15) is 24.4 Å². The molecule has 1 rings (SSSR count). The number of ether oxygens (including phenoxy) is 3. The molecule has 416 valence electrons. The Morgan fingerprint density at radius 1 is 0.542 bits per heavy atom. The molecule has 0 bridgehead atoms. The lowest BCUT2D eigenvalue weighted by Gasteiger charge is -2.40. The van der Waals surface area contributed by atoms with E-state index in [2.05, 4.69) is 66.9 Å². The van der Waals surface area contributed by atoms with Crippen LogP contribution in [0.5, 0.6) is 0 Å². The summed E-state index contributed by atoms with van der Waals surface area (Å²) in [7, 11) is 0. The first-order chi connectivity index (χ1) is 35.2. The topological polar surface area (TPSA) is 175 Å². The summed E-state index contributed by atoms with van der Waals surface area (Å²) in [4.78, 5) is 25.0. The van der Waals surface area contributed by atoms with E-state index in [1.807, 2.05) is 19.1 Å². The molecule has 0 aromatic heterocycles. The van der Waals surface area contributed by atoms with Gasteiger partial charge in [0, 0.05) is 12.8 Å². The fraction of sp³-hybridized carbons (Fsp3) is 0.770. The summed E-state index contributed by atoms with van der Waals surface area (Å²) in [6.45, 7) is 4.03. The van der Waals surface area contributed by atoms with Gasteiger partial charge in [0.15, 0.2) is 6.29 Å². The molecule has 6 N–H and O–H groups in total. The summed E-state index contributed by atoms with van der Waals surface area (Å²) >= 11 is 0. The maximum Gasteiger partial charge on any atom is 0.305 e. The number of unbranched alkanes of at least 4 members (excludes halogenated alkanes) is 26. The van der Waals surface area contributed by atoms with Crippen molar-refractivity contribution in [2.75, 3.05) is 19.8 Å². The molecule has 0 radical (unpaired) electrons. The van der Waals surface area contributed by atoms with Crippen LogP contribution in [0.2, 0.25) is 0 Å². The Morgan fingerprint density at radius 3 is 1.54 bits per heavy atom. The third-order valence-electron chi connectivity index (χ3n) is 13.3. The Morgan fingerprint density at radius 2 is 1.00 bits per heavy atom. The van der Waals surface area contributed by atoms with Gasteiger partial charge in [0.25, 0.3) is 0 Å². The van der Waals surface area contributed by atoms with Gasteiger partial charge in [0.05, 0.1) is 32.0 Å². The van der Waals surface area contributed by atoms with Crippen molar-refractivity contribution < 1.29 is 49.3 Å². The highest BCUT2D eigenvalue weighted by Gasteiger charge is 2.44. The Bertz CT molecular complexity index is 1430. The van der Waals surface area contributed by atoms with Gasteiger partial charge in [-0.05, 0) is 110 Å². The highest BCUT2D eigenvalue weighted by atomic mass is 16.7. The van der Waals surface area contributed by atoms with Gasteiger partial charge in [-0.3, -0.25) is 9.59 Å². The van der Waals surface area contributed by atoms with E-state index in [4.69, 9.17) is 14.2 Å². The normalized spacial score (nSPS) is 19.6. The lowest BCUT2D eigenvalue weighted by atomic mass is 9.99. The second kappa shape index (κ2) is 50.3. The summed E-state index contributed by atoms with van der Waals surface area (Å²) in [6.07, 6.45) is 56.0. The van der Waals surface area contributed by atoms with Crippen LogP contribution in [0.3, 0.4) is 0 Å². The molecule has 1 heterocycles. The predicted molar refractivity (Wildman–Crippen MR) is 296 cm³/mol. The zero-order valence-electron chi connectivity index (χ0n) is 45.6. The van der Waals surface area contributed by atoms with Crippen molar-refractivity contribution in [2.45, 2.75) is 281 Å². The van der Waals surface area contributed by atoms with E-state index in [1.54, 1.807) is 6.08 Å². The smallest absolute Gasteiger partial charge is 0.305 e. The SMILES string of the molecule is C/C=C/CC/C=C/CC/C=C/C(O)C(COC1OC(CO)C(O)C(O)C1O)NC(=O)CCCCCCCCC/C=C\CCCCCCCCCCCOC(=O)CCCCCCC/C=C\C/C=C\CCCCC.